The summed E-state index contributed by atoms with van der Waals surface area (Å²) in [5.41, 5.74) is -1.84. The van der Waals surface area contributed by atoms with E-state index in [9.17, 15) is 10.4 Å². The van der Waals surface area contributed by atoms with Gasteiger partial charge in [0.25, 0.3) is 0 Å². The highest BCUT2D eigenvalue weighted by Crippen LogP contribution is 2.54. The van der Waals surface area contributed by atoms with Crippen molar-refractivity contribution in [3.05, 3.63) is 0 Å². The number of rotatable bonds is 12. The molecule has 0 radical (unpaired) electrons. The molecule has 4 aliphatic heterocycles. The van der Waals surface area contributed by atoms with Crippen LogP contribution < -0.4 is 0 Å². The van der Waals surface area contributed by atoms with E-state index >= 15 is 0 Å². The molecule has 0 amide bonds. The van der Waals surface area contributed by atoms with Gasteiger partial charge in [0.15, 0.2) is 17.9 Å². The summed E-state index contributed by atoms with van der Waals surface area (Å²) < 4.78 is 39.0. The SMILES string of the molecule is CCCC(OCC1COC2(CC(C)(CC)N(O)C(C)(CC)C2C)O1)OCC1COC2(CC(C)(CC)N(O)C(C)(CC)C2C)O1. The Kier molecular flexibility index (Phi) is 11.0. The molecule has 0 aromatic rings. The Balaban J connectivity index is 1.36. The zero-order valence-electron chi connectivity index (χ0n) is 29.6. The number of hydroxylamine groups is 4. The van der Waals surface area contributed by atoms with Gasteiger partial charge >= 0.3 is 0 Å². The number of hydrogen-bond donors (Lipinski definition) is 2. The maximum atomic E-state index is 11.2. The summed E-state index contributed by atoms with van der Waals surface area (Å²) in [6.45, 7) is 24.8. The third-order valence-corrected chi connectivity index (χ3v) is 12.6. The van der Waals surface area contributed by atoms with Gasteiger partial charge in [0.2, 0.25) is 0 Å². The molecule has 0 aromatic carbocycles. The van der Waals surface area contributed by atoms with Gasteiger partial charge in [0.05, 0.1) is 37.5 Å². The van der Waals surface area contributed by atoms with Gasteiger partial charge in [-0.2, -0.15) is 10.1 Å². The van der Waals surface area contributed by atoms with E-state index in [1.165, 1.54) is 0 Å². The maximum absolute atomic E-state index is 11.2. The highest BCUT2D eigenvalue weighted by molar-refractivity contribution is 5.10. The predicted octanol–water partition coefficient (Wildman–Crippen LogP) is 6.51. The van der Waals surface area contributed by atoms with Crippen molar-refractivity contribution in [1.29, 1.82) is 0 Å². The lowest BCUT2D eigenvalue weighted by Gasteiger charge is -2.60. The van der Waals surface area contributed by atoms with Crippen LogP contribution >= 0.6 is 0 Å². The van der Waals surface area contributed by atoms with Crippen LogP contribution in [0.4, 0.5) is 0 Å². The molecular weight excluding hydrogens is 564 g/mol. The smallest absolute Gasteiger partial charge is 0.175 e. The predicted molar refractivity (Wildman–Crippen MR) is 167 cm³/mol. The molecule has 258 valence electrons. The lowest BCUT2D eigenvalue weighted by atomic mass is 9.67. The van der Waals surface area contributed by atoms with Crippen LogP contribution in [0.1, 0.15) is 128 Å². The van der Waals surface area contributed by atoms with Gasteiger partial charge in [-0.1, -0.05) is 54.9 Å². The van der Waals surface area contributed by atoms with E-state index in [2.05, 4.69) is 76.2 Å². The fraction of sp³-hybridized carbons (Fsp3) is 1.00. The largest absolute Gasteiger partial charge is 0.350 e. The minimum Gasteiger partial charge on any atom is -0.350 e. The molecule has 2 spiro atoms. The summed E-state index contributed by atoms with van der Waals surface area (Å²) >= 11 is 0. The Morgan fingerprint density at radius 3 is 1.39 bits per heavy atom. The van der Waals surface area contributed by atoms with E-state index in [0.717, 1.165) is 38.5 Å². The van der Waals surface area contributed by atoms with Crippen molar-refractivity contribution in [2.24, 2.45) is 11.8 Å². The molecule has 0 bridgehead atoms. The van der Waals surface area contributed by atoms with Crippen molar-refractivity contribution in [3.8, 4) is 0 Å². The summed E-state index contributed by atoms with van der Waals surface area (Å²) in [5.74, 6) is -1.61. The number of nitrogens with zero attached hydrogens (tertiary/aromatic N) is 2. The van der Waals surface area contributed by atoms with Crippen molar-refractivity contribution in [1.82, 2.24) is 10.1 Å². The Bertz CT molecular complexity index is 904. The third-order valence-electron chi connectivity index (χ3n) is 12.6. The van der Waals surface area contributed by atoms with Crippen LogP contribution in [0, 0.1) is 11.8 Å². The van der Waals surface area contributed by atoms with Crippen LogP contribution in [0.5, 0.6) is 0 Å². The first-order chi connectivity index (χ1) is 20.6. The summed E-state index contributed by atoms with van der Waals surface area (Å²) in [7, 11) is 0. The van der Waals surface area contributed by atoms with Crippen LogP contribution in [0.2, 0.25) is 0 Å². The maximum Gasteiger partial charge on any atom is 0.175 e. The summed E-state index contributed by atoms with van der Waals surface area (Å²) in [6.07, 6.45) is 5.17. The van der Waals surface area contributed by atoms with E-state index < -0.39 is 40.0 Å². The van der Waals surface area contributed by atoms with Crippen LogP contribution in [-0.4, -0.2) is 99.2 Å². The average Bonchev–Trinajstić information content (AvgIpc) is 3.63. The number of hydrogen-bond acceptors (Lipinski definition) is 10. The Morgan fingerprint density at radius 2 is 1.07 bits per heavy atom. The van der Waals surface area contributed by atoms with Gasteiger partial charge in [0, 0.05) is 35.8 Å². The lowest BCUT2D eigenvalue weighted by Crippen LogP contribution is -2.71. The first-order valence-electron chi connectivity index (χ1n) is 17.4. The summed E-state index contributed by atoms with van der Waals surface area (Å²) in [5, 5.41) is 25.6. The average molecular weight is 629 g/mol. The van der Waals surface area contributed by atoms with Crippen molar-refractivity contribution in [2.45, 2.75) is 180 Å². The fourth-order valence-corrected chi connectivity index (χ4v) is 8.38. The lowest BCUT2D eigenvalue weighted by molar-refractivity contribution is -0.353. The second-order valence-corrected chi connectivity index (χ2v) is 15.2. The molecule has 4 fully saturated rings. The minimum absolute atomic E-state index is 0.0339. The molecule has 0 aliphatic carbocycles. The van der Waals surface area contributed by atoms with Crippen molar-refractivity contribution < 1.29 is 38.8 Å². The van der Waals surface area contributed by atoms with Crippen molar-refractivity contribution in [3.63, 3.8) is 0 Å². The summed E-state index contributed by atoms with van der Waals surface area (Å²) in [4.78, 5) is 0. The molecule has 4 heterocycles. The normalized spacial score (nSPS) is 47.7. The molecule has 10 heteroatoms. The van der Waals surface area contributed by atoms with Crippen molar-refractivity contribution in [2.75, 3.05) is 26.4 Å². The molecule has 2 N–H and O–H groups in total. The monoisotopic (exact) mass is 628 g/mol. The first-order valence-corrected chi connectivity index (χ1v) is 17.4. The van der Waals surface area contributed by atoms with E-state index in [-0.39, 0.29) is 24.0 Å². The Labute approximate surface area is 266 Å². The third kappa shape index (κ3) is 6.03. The van der Waals surface area contributed by atoms with Crippen LogP contribution in [0.25, 0.3) is 0 Å². The molecular formula is C34H64N2O8. The van der Waals surface area contributed by atoms with E-state index in [4.69, 9.17) is 28.4 Å². The highest BCUT2D eigenvalue weighted by Gasteiger charge is 2.64. The van der Waals surface area contributed by atoms with Gasteiger partial charge in [0.1, 0.15) is 12.2 Å². The molecule has 44 heavy (non-hydrogen) atoms. The minimum atomic E-state index is -0.770. The standard InChI is InChI=1S/C34H64N2O8/c1-12-17-28(39-18-26-20-41-33(43-26)22-29(8,13-2)35(37)31(10,15-4)24(33)6)40-19-27-21-42-34(44-27)23-30(9,14-3)36(38)32(11,16-5)25(34)7/h24-28,37-38H,12-23H2,1-11H3. The zero-order chi connectivity index (χ0) is 32.8. The second-order valence-electron chi connectivity index (χ2n) is 15.2. The van der Waals surface area contributed by atoms with E-state index in [0.29, 0.717) is 39.3 Å². The van der Waals surface area contributed by atoms with Gasteiger partial charge in [-0.3, -0.25) is 0 Å². The quantitative estimate of drug-likeness (QED) is 0.233. The van der Waals surface area contributed by atoms with Gasteiger partial charge in [-0.25, -0.2) is 0 Å². The molecule has 10 nitrogen and oxygen atoms in total. The zero-order valence-corrected chi connectivity index (χ0v) is 29.6. The van der Waals surface area contributed by atoms with Crippen LogP contribution in [0.15, 0.2) is 0 Å². The van der Waals surface area contributed by atoms with Gasteiger partial charge < -0.3 is 38.8 Å². The molecule has 0 saturated carbocycles. The van der Waals surface area contributed by atoms with Crippen LogP contribution in [-0.2, 0) is 28.4 Å². The second kappa shape index (κ2) is 13.2. The Morgan fingerprint density at radius 1 is 0.682 bits per heavy atom. The Hall–Kier alpha value is -0.400. The molecule has 4 saturated heterocycles. The molecule has 0 aromatic heterocycles. The molecule has 4 rings (SSSR count). The van der Waals surface area contributed by atoms with Crippen LogP contribution in [0.3, 0.4) is 0 Å². The molecule has 10 unspecified atom stereocenters. The fourth-order valence-electron chi connectivity index (χ4n) is 8.38. The highest BCUT2D eigenvalue weighted by atomic mass is 16.8. The first kappa shape index (κ1) is 36.4. The number of ether oxygens (including phenoxy) is 6. The number of piperidine rings is 2. The molecule has 10 atom stereocenters. The van der Waals surface area contributed by atoms with E-state index in [1.54, 1.807) is 10.1 Å². The van der Waals surface area contributed by atoms with E-state index in [1.807, 2.05) is 0 Å². The molecule has 4 aliphatic rings. The van der Waals surface area contributed by atoms with Crippen molar-refractivity contribution >= 4 is 0 Å². The van der Waals surface area contributed by atoms with Gasteiger partial charge in [-0.15, -0.1) is 0 Å². The topological polar surface area (TPSA) is 102 Å². The van der Waals surface area contributed by atoms with Gasteiger partial charge in [-0.05, 0) is 59.8 Å². The summed E-state index contributed by atoms with van der Waals surface area (Å²) in [6, 6.07) is 0.